The lowest BCUT2D eigenvalue weighted by molar-refractivity contribution is 0.102. The summed E-state index contributed by atoms with van der Waals surface area (Å²) in [4.78, 5) is 18.5. The van der Waals surface area contributed by atoms with Crippen molar-refractivity contribution in [3.8, 4) is 0 Å². The van der Waals surface area contributed by atoms with Crippen LogP contribution in [-0.2, 0) is 6.42 Å². The van der Waals surface area contributed by atoms with Gasteiger partial charge in [-0.15, -0.1) is 0 Å². The second-order valence-electron chi connectivity index (χ2n) is 5.22. The first-order chi connectivity index (χ1) is 10.0. The van der Waals surface area contributed by atoms with Gasteiger partial charge in [-0.1, -0.05) is 25.1 Å². The number of para-hydroxylation sites is 1. The first kappa shape index (κ1) is 15.0. The molecule has 110 valence electrons. The molecule has 0 aliphatic rings. The molecule has 0 saturated heterocycles. The van der Waals surface area contributed by atoms with Crippen LogP contribution in [0.1, 0.15) is 28.4 Å². The molecule has 2 rings (SSSR count). The number of amides is 1. The molecule has 1 N–H and O–H groups in total. The molecule has 0 radical (unpaired) electrons. The quantitative estimate of drug-likeness (QED) is 0.936. The Morgan fingerprint density at radius 3 is 2.57 bits per heavy atom. The van der Waals surface area contributed by atoms with Crippen molar-refractivity contribution in [1.29, 1.82) is 0 Å². The van der Waals surface area contributed by atoms with Crippen molar-refractivity contribution in [3.05, 3.63) is 53.2 Å². The average Bonchev–Trinajstić information content (AvgIpc) is 2.49. The Morgan fingerprint density at radius 2 is 2.00 bits per heavy atom. The molecule has 0 atom stereocenters. The Morgan fingerprint density at radius 1 is 1.24 bits per heavy atom. The number of carbonyl (C=O) groups excluding carboxylic acids is 1. The molecule has 0 aliphatic carbocycles. The molecule has 1 aromatic carbocycles. The molecule has 0 aliphatic heterocycles. The predicted molar refractivity (Wildman–Crippen MR) is 87.1 cm³/mol. The summed E-state index contributed by atoms with van der Waals surface area (Å²) >= 11 is 0. The fourth-order valence-corrected chi connectivity index (χ4v) is 2.17. The van der Waals surface area contributed by atoms with Gasteiger partial charge in [0.05, 0.1) is 5.56 Å². The summed E-state index contributed by atoms with van der Waals surface area (Å²) < 4.78 is 0. The van der Waals surface area contributed by atoms with E-state index in [4.69, 9.17) is 0 Å². The predicted octanol–water partition coefficient (Wildman–Crippen LogP) is 3.27. The molecule has 4 heteroatoms. The van der Waals surface area contributed by atoms with Crippen molar-refractivity contribution in [2.75, 3.05) is 24.3 Å². The number of aryl methyl sites for hydroxylation is 2. The Labute approximate surface area is 125 Å². The number of rotatable bonds is 4. The smallest absolute Gasteiger partial charge is 0.257 e. The van der Waals surface area contributed by atoms with Crippen molar-refractivity contribution < 1.29 is 4.79 Å². The summed E-state index contributed by atoms with van der Waals surface area (Å²) in [6, 6.07) is 9.69. The normalized spacial score (nSPS) is 10.3. The van der Waals surface area contributed by atoms with Crippen LogP contribution in [0.15, 0.2) is 36.5 Å². The van der Waals surface area contributed by atoms with E-state index in [-0.39, 0.29) is 5.91 Å². The number of hydrogen-bond acceptors (Lipinski definition) is 3. The number of nitrogens with one attached hydrogen (secondary N) is 1. The Balaban J connectivity index is 2.22. The molecule has 21 heavy (non-hydrogen) atoms. The van der Waals surface area contributed by atoms with Gasteiger partial charge in [-0.25, -0.2) is 4.98 Å². The molecule has 1 amide bonds. The van der Waals surface area contributed by atoms with E-state index >= 15 is 0 Å². The molecule has 0 saturated carbocycles. The Bertz CT molecular complexity index is 633. The third-order valence-corrected chi connectivity index (χ3v) is 3.45. The number of pyridine rings is 1. The van der Waals surface area contributed by atoms with Gasteiger partial charge in [0.15, 0.2) is 0 Å². The van der Waals surface area contributed by atoms with Crippen LogP contribution < -0.4 is 10.2 Å². The second kappa shape index (κ2) is 6.39. The minimum absolute atomic E-state index is 0.128. The zero-order valence-corrected chi connectivity index (χ0v) is 13.0. The van der Waals surface area contributed by atoms with Gasteiger partial charge in [-0.3, -0.25) is 4.79 Å². The van der Waals surface area contributed by atoms with Gasteiger partial charge >= 0.3 is 0 Å². The van der Waals surface area contributed by atoms with E-state index in [0.29, 0.717) is 5.56 Å². The van der Waals surface area contributed by atoms with Gasteiger partial charge in [-0.2, -0.15) is 0 Å². The van der Waals surface area contributed by atoms with Crippen LogP contribution in [0.25, 0.3) is 0 Å². The first-order valence-corrected chi connectivity index (χ1v) is 7.06. The maximum absolute atomic E-state index is 12.4. The average molecular weight is 283 g/mol. The fraction of sp³-hybridized carbons (Fsp3) is 0.294. The lowest BCUT2D eigenvalue weighted by Gasteiger charge is -2.14. The lowest BCUT2D eigenvalue weighted by atomic mass is 10.1. The molecule has 1 aromatic heterocycles. The summed E-state index contributed by atoms with van der Waals surface area (Å²) in [7, 11) is 3.84. The van der Waals surface area contributed by atoms with Crippen molar-refractivity contribution in [2.24, 2.45) is 0 Å². The van der Waals surface area contributed by atoms with Crippen LogP contribution in [0, 0.1) is 6.92 Å². The summed E-state index contributed by atoms with van der Waals surface area (Å²) in [5, 5.41) is 3.00. The summed E-state index contributed by atoms with van der Waals surface area (Å²) in [6.45, 7) is 4.08. The summed E-state index contributed by atoms with van der Waals surface area (Å²) in [5.74, 6) is 0.702. The van der Waals surface area contributed by atoms with E-state index in [1.165, 1.54) is 0 Å². The van der Waals surface area contributed by atoms with Gasteiger partial charge in [0.2, 0.25) is 0 Å². The summed E-state index contributed by atoms with van der Waals surface area (Å²) in [5.41, 5.74) is 3.68. The molecule has 0 unspecified atom stereocenters. The molecule has 2 aromatic rings. The highest BCUT2D eigenvalue weighted by atomic mass is 16.1. The van der Waals surface area contributed by atoms with Crippen molar-refractivity contribution in [1.82, 2.24) is 4.98 Å². The number of carbonyl (C=O) groups is 1. The Hall–Kier alpha value is -2.36. The molecule has 0 bridgehead atoms. The maximum atomic E-state index is 12.4. The monoisotopic (exact) mass is 283 g/mol. The van der Waals surface area contributed by atoms with Gasteiger partial charge in [0.1, 0.15) is 5.82 Å². The minimum Gasteiger partial charge on any atom is -0.363 e. The first-order valence-electron chi connectivity index (χ1n) is 7.06. The maximum Gasteiger partial charge on any atom is 0.257 e. The van der Waals surface area contributed by atoms with Crippen LogP contribution in [0.3, 0.4) is 0 Å². The third-order valence-electron chi connectivity index (χ3n) is 3.45. The summed E-state index contributed by atoms with van der Waals surface area (Å²) in [6.07, 6.45) is 2.49. The van der Waals surface area contributed by atoms with E-state index in [2.05, 4.69) is 17.2 Å². The van der Waals surface area contributed by atoms with E-state index in [9.17, 15) is 4.79 Å². The van der Waals surface area contributed by atoms with Crippen molar-refractivity contribution in [2.45, 2.75) is 20.3 Å². The van der Waals surface area contributed by atoms with Crippen LogP contribution in [0.2, 0.25) is 0 Å². The highest BCUT2D eigenvalue weighted by Gasteiger charge is 2.11. The van der Waals surface area contributed by atoms with Crippen LogP contribution >= 0.6 is 0 Å². The van der Waals surface area contributed by atoms with Crippen molar-refractivity contribution >= 4 is 17.4 Å². The zero-order chi connectivity index (χ0) is 15.4. The Kier molecular flexibility index (Phi) is 4.58. The van der Waals surface area contributed by atoms with E-state index in [0.717, 1.165) is 29.1 Å². The molecular formula is C17H21N3O. The van der Waals surface area contributed by atoms with Gasteiger partial charge < -0.3 is 10.2 Å². The van der Waals surface area contributed by atoms with Gasteiger partial charge in [-0.05, 0) is 36.6 Å². The number of aromatic nitrogens is 1. The van der Waals surface area contributed by atoms with Crippen molar-refractivity contribution in [3.63, 3.8) is 0 Å². The SMILES string of the molecule is CCc1cccc(C)c1NC(=O)c1ccc(N(C)C)nc1. The third kappa shape index (κ3) is 3.40. The van der Waals surface area contributed by atoms with Crippen LogP contribution in [-0.4, -0.2) is 25.0 Å². The topological polar surface area (TPSA) is 45.2 Å². The number of nitrogens with zero attached hydrogens (tertiary/aromatic N) is 2. The van der Waals surface area contributed by atoms with Crippen LogP contribution in [0.4, 0.5) is 11.5 Å². The standard InChI is InChI=1S/C17H21N3O/c1-5-13-8-6-7-12(2)16(13)19-17(21)14-9-10-15(18-11-14)20(3)4/h6-11H,5H2,1-4H3,(H,19,21). The molecular weight excluding hydrogens is 262 g/mol. The van der Waals surface area contributed by atoms with Gasteiger partial charge in [0.25, 0.3) is 5.91 Å². The lowest BCUT2D eigenvalue weighted by Crippen LogP contribution is -2.16. The second-order valence-corrected chi connectivity index (χ2v) is 5.22. The highest BCUT2D eigenvalue weighted by molar-refractivity contribution is 6.05. The zero-order valence-electron chi connectivity index (χ0n) is 13.0. The number of anilines is 2. The van der Waals surface area contributed by atoms with Crippen LogP contribution in [0.5, 0.6) is 0 Å². The fourth-order valence-electron chi connectivity index (χ4n) is 2.17. The number of hydrogen-bond donors (Lipinski definition) is 1. The van der Waals surface area contributed by atoms with E-state index < -0.39 is 0 Å². The largest absolute Gasteiger partial charge is 0.363 e. The molecule has 1 heterocycles. The van der Waals surface area contributed by atoms with Gasteiger partial charge in [0, 0.05) is 26.0 Å². The molecule has 0 fully saturated rings. The number of benzene rings is 1. The van der Waals surface area contributed by atoms with E-state index in [1.54, 1.807) is 12.3 Å². The minimum atomic E-state index is -0.128. The highest BCUT2D eigenvalue weighted by Crippen LogP contribution is 2.22. The van der Waals surface area contributed by atoms with E-state index in [1.807, 2.05) is 50.2 Å². The molecule has 0 spiro atoms. The molecule has 4 nitrogen and oxygen atoms in total.